The van der Waals surface area contributed by atoms with Crippen molar-refractivity contribution in [1.29, 1.82) is 0 Å². The molecule has 1 N–H and O–H groups in total. The van der Waals surface area contributed by atoms with Gasteiger partial charge in [-0.05, 0) is 25.8 Å². The van der Waals surface area contributed by atoms with Gasteiger partial charge in [0.25, 0.3) is 0 Å². The molecular formula is C9H18N2. The summed E-state index contributed by atoms with van der Waals surface area (Å²) in [6.45, 7) is 10.8. The molecule has 0 spiro atoms. The van der Waals surface area contributed by atoms with Crippen LogP contribution in [0, 0.1) is 0 Å². The first-order chi connectivity index (χ1) is 5.18. The minimum absolute atomic E-state index is 0.959. The Balaban J connectivity index is 3.48. The lowest BCUT2D eigenvalue weighted by Gasteiger charge is -2.00. The normalized spacial score (nSPS) is 11.4. The molecule has 0 fully saturated rings. The summed E-state index contributed by atoms with van der Waals surface area (Å²) in [6.07, 6.45) is 2.38. The van der Waals surface area contributed by atoms with Gasteiger partial charge in [0.15, 0.2) is 0 Å². The molecule has 0 amide bonds. The Kier molecular flexibility index (Phi) is 5.53. The van der Waals surface area contributed by atoms with Crippen LogP contribution in [0.15, 0.2) is 17.3 Å². The molecule has 11 heavy (non-hydrogen) atoms. The summed E-state index contributed by atoms with van der Waals surface area (Å²) in [6, 6.07) is 0. The Hall–Kier alpha value is -0.790. The number of hydrogen-bond donors (Lipinski definition) is 1. The summed E-state index contributed by atoms with van der Waals surface area (Å²) in [5.74, 6) is 0. The second-order valence-corrected chi connectivity index (χ2v) is 2.74. The summed E-state index contributed by atoms with van der Waals surface area (Å²) in [4.78, 5) is 0. The molecule has 0 unspecified atom stereocenters. The summed E-state index contributed by atoms with van der Waals surface area (Å²) in [5, 5.41) is 4.13. The highest BCUT2D eigenvalue weighted by molar-refractivity contribution is 5.96. The molecule has 0 aliphatic rings. The molecule has 2 nitrogen and oxygen atoms in total. The van der Waals surface area contributed by atoms with Crippen LogP contribution in [-0.4, -0.2) is 12.3 Å². The van der Waals surface area contributed by atoms with Crippen LogP contribution in [0.4, 0.5) is 0 Å². The molecule has 0 aliphatic heterocycles. The van der Waals surface area contributed by atoms with Crippen molar-refractivity contribution in [3.63, 3.8) is 0 Å². The predicted octanol–water partition coefficient (Wildman–Crippen LogP) is 2.33. The second kappa shape index (κ2) is 5.96. The molecule has 64 valence electrons. The Morgan fingerprint density at radius 1 is 1.45 bits per heavy atom. The third kappa shape index (κ3) is 5.64. The van der Waals surface area contributed by atoms with E-state index in [2.05, 4.69) is 24.0 Å². The molecule has 0 rings (SSSR count). The van der Waals surface area contributed by atoms with Crippen LogP contribution >= 0.6 is 0 Å². The van der Waals surface area contributed by atoms with Gasteiger partial charge in [-0.1, -0.05) is 19.9 Å². The van der Waals surface area contributed by atoms with Gasteiger partial charge in [0, 0.05) is 6.54 Å². The van der Waals surface area contributed by atoms with Crippen molar-refractivity contribution in [2.45, 2.75) is 33.6 Å². The topological polar surface area (TPSA) is 24.4 Å². The minimum Gasteiger partial charge on any atom is -0.310 e. The fraction of sp³-hybridized carbons (Fsp3) is 0.667. The minimum atomic E-state index is 0.959. The van der Waals surface area contributed by atoms with Crippen LogP contribution < -0.4 is 5.43 Å². The van der Waals surface area contributed by atoms with Crippen molar-refractivity contribution in [1.82, 2.24) is 5.43 Å². The molecule has 0 aromatic heterocycles. The Morgan fingerprint density at radius 2 is 2.09 bits per heavy atom. The maximum atomic E-state index is 4.13. The van der Waals surface area contributed by atoms with Crippen molar-refractivity contribution in [3.05, 3.63) is 12.2 Å². The number of rotatable bonds is 5. The zero-order valence-electron chi connectivity index (χ0n) is 7.78. The smallest absolute Gasteiger partial charge is 0.0595 e. The maximum absolute atomic E-state index is 4.13. The van der Waals surface area contributed by atoms with Gasteiger partial charge in [-0.15, -0.1) is 0 Å². The molecule has 0 aromatic carbocycles. The molecule has 0 bridgehead atoms. The van der Waals surface area contributed by atoms with E-state index in [1.807, 2.05) is 13.8 Å². The number of nitrogens with zero attached hydrogens (tertiary/aromatic N) is 1. The average Bonchev–Trinajstić information content (AvgIpc) is 1.97. The van der Waals surface area contributed by atoms with E-state index in [0.29, 0.717) is 0 Å². The number of hydrogen-bond acceptors (Lipinski definition) is 2. The number of hydrazone groups is 1. The van der Waals surface area contributed by atoms with E-state index >= 15 is 0 Å². The van der Waals surface area contributed by atoms with E-state index < -0.39 is 0 Å². The van der Waals surface area contributed by atoms with E-state index in [4.69, 9.17) is 0 Å². The molecule has 0 aromatic rings. The van der Waals surface area contributed by atoms with Crippen molar-refractivity contribution in [2.75, 3.05) is 6.54 Å². The Bertz CT molecular complexity index is 148. The first-order valence-corrected chi connectivity index (χ1v) is 4.11. The van der Waals surface area contributed by atoms with Gasteiger partial charge >= 0.3 is 0 Å². The predicted molar refractivity (Wildman–Crippen MR) is 50.8 cm³/mol. The monoisotopic (exact) mass is 154 g/mol. The summed E-state index contributed by atoms with van der Waals surface area (Å²) in [7, 11) is 0. The highest BCUT2D eigenvalue weighted by Crippen LogP contribution is 1.90. The number of allylic oxidation sites excluding steroid dienone is 1. The lowest BCUT2D eigenvalue weighted by Crippen LogP contribution is -2.10. The average molecular weight is 154 g/mol. The SMILES string of the molecule is C=C(C)C(C)=NNCCCC. The van der Waals surface area contributed by atoms with E-state index in [1.165, 1.54) is 12.8 Å². The summed E-state index contributed by atoms with van der Waals surface area (Å²) < 4.78 is 0. The first kappa shape index (κ1) is 10.2. The van der Waals surface area contributed by atoms with Crippen LogP contribution in [0.2, 0.25) is 0 Å². The van der Waals surface area contributed by atoms with Gasteiger partial charge in [0.05, 0.1) is 5.71 Å². The van der Waals surface area contributed by atoms with E-state index in [-0.39, 0.29) is 0 Å². The number of nitrogens with one attached hydrogen (secondary N) is 1. The third-order valence-electron chi connectivity index (χ3n) is 1.51. The van der Waals surface area contributed by atoms with Crippen molar-refractivity contribution < 1.29 is 0 Å². The van der Waals surface area contributed by atoms with Crippen LogP contribution in [-0.2, 0) is 0 Å². The van der Waals surface area contributed by atoms with Crippen molar-refractivity contribution in [3.8, 4) is 0 Å². The highest BCUT2D eigenvalue weighted by atomic mass is 15.3. The van der Waals surface area contributed by atoms with E-state index in [1.54, 1.807) is 0 Å². The molecule has 0 aliphatic carbocycles. The van der Waals surface area contributed by atoms with E-state index in [9.17, 15) is 0 Å². The molecule has 0 heterocycles. The molecule has 0 saturated heterocycles. The maximum Gasteiger partial charge on any atom is 0.0595 e. The quantitative estimate of drug-likeness (QED) is 0.367. The lowest BCUT2D eigenvalue weighted by atomic mass is 10.2. The molecular weight excluding hydrogens is 136 g/mol. The first-order valence-electron chi connectivity index (χ1n) is 4.11. The van der Waals surface area contributed by atoms with Gasteiger partial charge in [0.2, 0.25) is 0 Å². The number of unbranched alkanes of at least 4 members (excludes halogenated alkanes) is 1. The second-order valence-electron chi connectivity index (χ2n) is 2.74. The van der Waals surface area contributed by atoms with Gasteiger partial charge < -0.3 is 5.43 Å². The van der Waals surface area contributed by atoms with Gasteiger partial charge in [-0.2, -0.15) is 5.10 Å². The fourth-order valence-electron chi connectivity index (χ4n) is 0.526. The summed E-state index contributed by atoms with van der Waals surface area (Å²) in [5.41, 5.74) is 5.00. The van der Waals surface area contributed by atoms with Crippen LogP contribution in [0.25, 0.3) is 0 Å². The fourth-order valence-corrected chi connectivity index (χ4v) is 0.526. The molecule has 2 heteroatoms. The zero-order valence-corrected chi connectivity index (χ0v) is 7.78. The molecule has 0 atom stereocenters. The van der Waals surface area contributed by atoms with Gasteiger partial charge in [0.1, 0.15) is 0 Å². The summed E-state index contributed by atoms with van der Waals surface area (Å²) >= 11 is 0. The van der Waals surface area contributed by atoms with Crippen LogP contribution in [0.5, 0.6) is 0 Å². The van der Waals surface area contributed by atoms with Crippen LogP contribution in [0.3, 0.4) is 0 Å². The van der Waals surface area contributed by atoms with Gasteiger partial charge in [-0.3, -0.25) is 0 Å². The lowest BCUT2D eigenvalue weighted by molar-refractivity contribution is 0.671. The van der Waals surface area contributed by atoms with Gasteiger partial charge in [-0.25, -0.2) is 0 Å². The van der Waals surface area contributed by atoms with Crippen molar-refractivity contribution in [2.24, 2.45) is 5.10 Å². The van der Waals surface area contributed by atoms with Crippen molar-refractivity contribution >= 4 is 5.71 Å². The molecule has 0 saturated carbocycles. The molecule has 0 radical (unpaired) electrons. The Morgan fingerprint density at radius 3 is 2.55 bits per heavy atom. The Labute approximate surface area is 69.4 Å². The van der Waals surface area contributed by atoms with Crippen LogP contribution in [0.1, 0.15) is 33.6 Å². The zero-order chi connectivity index (χ0) is 8.69. The van der Waals surface area contributed by atoms with E-state index in [0.717, 1.165) is 17.8 Å². The highest BCUT2D eigenvalue weighted by Gasteiger charge is 1.88. The standard InChI is InChI=1S/C9H18N2/c1-5-6-7-10-11-9(4)8(2)3/h10H,2,5-7H2,1,3-4H3. The third-order valence-corrected chi connectivity index (χ3v) is 1.51. The largest absolute Gasteiger partial charge is 0.310 e.